The monoisotopic (exact) mass is 1110 g/mol. The lowest BCUT2D eigenvalue weighted by molar-refractivity contribution is 0.403. The fourth-order valence-electron chi connectivity index (χ4n) is 16.0. The fraction of sp³-hybridized carbons (Fsp3) is 0.325. The summed E-state index contributed by atoms with van der Waals surface area (Å²) in [5.74, 6) is 0. The lowest BCUT2D eigenvalue weighted by Crippen LogP contribution is -2.62. The molecule has 0 bridgehead atoms. The van der Waals surface area contributed by atoms with Gasteiger partial charge in [-0.05, 0) is 185 Å². The highest BCUT2D eigenvalue weighted by molar-refractivity contribution is 7.00. The molecule has 0 saturated heterocycles. The number of anilines is 9. The first-order chi connectivity index (χ1) is 39.9. The van der Waals surface area contributed by atoms with Gasteiger partial charge in [-0.2, -0.15) is 0 Å². The topological polar surface area (TPSA) is 22.9 Å². The highest BCUT2D eigenvalue weighted by Crippen LogP contribution is 2.57. The van der Waals surface area contributed by atoms with Crippen molar-refractivity contribution in [3.05, 3.63) is 225 Å². The maximum Gasteiger partial charge on any atom is 0.252 e. The van der Waals surface area contributed by atoms with Crippen LogP contribution in [0.15, 0.2) is 174 Å². The Bertz CT molecular complexity index is 4360. The molecule has 0 unspecified atom stereocenters. The highest BCUT2D eigenvalue weighted by Gasteiger charge is 2.50. The van der Waals surface area contributed by atoms with Crippen LogP contribution in [0.5, 0.6) is 0 Å². The van der Waals surface area contributed by atoms with Gasteiger partial charge in [0.05, 0.1) is 16.8 Å². The van der Waals surface area contributed by atoms with Gasteiger partial charge in [0.2, 0.25) is 0 Å². The Morgan fingerprint density at radius 2 is 0.882 bits per heavy atom. The number of rotatable bonds is 5. The summed E-state index contributed by atoms with van der Waals surface area (Å²) in [6, 6.07) is 66.4. The Kier molecular flexibility index (Phi) is 11.8. The first kappa shape index (κ1) is 55.1. The van der Waals surface area contributed by atoms with Crippen molar-refractivity contribution >= 4 is 96.2 Å². The molecule has 1 aromatic heterocycles. The molecule has 3 heterocycles. The van der Waals surface area contributed by atoms with Crippen molar-refractivity contribution in [2.75, 3.05) is 14.7 Å². The molecule has 0 fully saturated rings. The minimum absolute atomic E-state index is 0.0157. The van der Waals surface area contributed by atoms with E-state index in [-0.39, 0.29) is 44.6 Å². The number of aryl methyl sites for hydroxylation is 1. The van der Waals surface area contributed by atoms with Gasteiger partial charge >= 0.3 is 0 Å². The molecule has 5 heteroatoms. The summed E-state index contributed by atoms with van der Waals surface area (Å²) in [6.07, 6.45) is 1.09. The number of furan rings is 1. The van der Waals surface area contributed by atoms with Gasteiger partial charge in [-0.25, -0.2) is 0 Å². The third-order valence-electron chi connectivity index (χ3n) is 20.5. The van der Waals surface area contributed by atoms with E-state index < -0.39 is 0 Å². The van der Waals surface area contributed by atoms with Crippen molar-refractivity contribution in [1.82, 2.24) is 0 Å². The Morgan fingerprint density at radius 3 is 1.46 bits per heavy atom. The molecule has 0 atom stereocenters. The van der Waals surface area contributed by atoms with E-state index in [1.165, 1.54) is 94.8 Å². The number of nitrogens with zero attached hydrogens (tertiary/aromatic N) is 3. The summed E-state index contributed by atoms with van der Waals surface area (Å²) in [5.41, 5.74) is 29.1. The van der Waals surface area contributed by atoms with E-state index in [0.717, 1.165) is 56.8 Å². The smallest absolute Gasteiger partial charge is 0.252 e. The molecular formula is C80H84BN3O. The van der Waals surface area contributed by atoms with E-state index in [2.05, 4.69) is 309 Å². The molecule has 10 aromatic rings. The zero-order chi connectivity index (χ0) is 60.0. The largest absolute Gasteiger partial charge is 0.456 e. The Labute approximate surface area is 507 Å². The van der Waals surface area contributed by atoms with E-state index in [1.807, 2.05) is 0 Å². The molecule has 4 nitrogen and oxygen atoms in total. The van der Waals surface area contributed by atoms with Crippen molar-refractivity contribution in [3.8, 4) is 0 Å². The van der Waals surface area contributed by atoms with Crippen LogP contribution in [0.25, 0.3) is 21.9 Å². The van der Waals surface area contributed by atoms with E-state index in [1.54, 1.807) is 0 Å². The lowest BCUT2D eigenvalue weighted by Gasteiger charge is -2.48. The molecule has 2 aliphatic carbocycles. The van der Waals surface area contributed by atoms with Gasteiger partial charge in [-0.15, -0.1) is 0 Å². The van der Waals surface area contributed by atoms with E-state index in [0.29, 0.717) is 0 Å². The second-order valence-corrected chi connectivity index (χ2v) is 31.1. The van der Waals surface area contributed by atoms with Crippen LogP contribution in [0.3, 0.4) is 0 Å². The highest BCUT2D eigenvalue weighted by atomic mass is 16.3. The molecule has 0 N–H and O–H groups in total. The first-order valence-electron chi connectivity index (χ1n) is 31.2. The summed E-state index contributed by atoms with van der Waals surface area (Å²) < 4.78 is 6.88. The van der Waals surface area contributed by atoms with Crippen LogP contribution in [0.2, 0.25) is 0 Å². The summed E-state index contributed by atoms with van der Waals surface area (Å²) in [4.78, 5) is 7.89. The maximum absolute atomic E-state index is 6.88. The molecule has 9 aromatic carbocycles. The third kappa shape index (κ3) is 8.28. The van der Waals surface area contributed by atoms with Gasteiger partial charge in [0.15, 0.2) is 0 Å². The molecule has 0 amide bonds. The van der Waals surface area contributed by atoms with Crippen LogP contribution in [0.4, 0.5) is 51.2 Å². The quantitative estimate of drug-likeness (QED) is 0.160. The van der Waals surface area contributed by atoms with Gasteiger partial charge in [0, 0.05) is 56.0 Å². The SMILES string of the molecule is Cc1cc2c(cc1N1c3ccc(C(C)(C)C)cc3B3c4cc5c(cc4N(c4cccc6oc7ccccc7c46)c4cc(N(c6ccc(C(C)(C)C)cc6)c6ccc(C(C)(C)C)cc6)cc1c43)C(C)(C)c1ccccc1C5(C)C)C(C)(C)CC2(C)C. The lowest BCUT2D eigenvalue weighted by atomic mass is 9.33. The first-order valence-corrected chi connectivity index (χ1v) is 31.2. The Balaban J connectivity index is 1.17. The number of hydrogen-bond donors (Lipinski definition) is 0. The number of hydrogen-bond acceptors (Lipinski definition) is 4. The molecule has 0 radical (unpaired) electrons. The number of para-hydroxylation sites is 1. The summed E-state index contributed by atoms with van der Waals surface area (Å²) in [5, 5.41) is 2.22. The fourth-order valence-corrected chi connectivity index (χ4v) is 16.0. The van der Waals surface area contributed by atoms with Gasteiger partial charge in [0.25, 0.3) is 6.71 Å². The molecule has 428 valence electrons. The number of benzene rings is 9. The number of fused-ring (bicyclic) bond motifs is 10. The van der Waals surface area contributed by atoms with Crippen molar-refractivity contribution in [3.63, 3.8) is 0 Å². The van der Waals surface area contributed by atoms with Crippen LogP contribution in [0.1, 0.15) is 180 Å². The summed E-state index contributed by atoms with van der Waals surface area (Å²) in [7, 11) is 0. The second-order valence-electron chi connectivity index (χ2n) is 31.1. The zero-order valence-corrected chi connectivity index (χ0v) is 53.7. The van der Waals surface area contributed by atoms with Crippen molar-refractivity contribution in [1.29, 1.82) is 0 Å². The molecule has 0 saturated carbocycles. The molecule has 2 aliphatic heterocycles. The Hall–Kier alpha value is -7.76. The maximum atomic E-state index is 6.88. The van der Waals surface area contributed by atoms with Gasteiger partial charge < -0.3 is 19.1 Å². The van der Waals surface area contributed by atoms with Gasteiger partial charge in [0.1, 0.15) is 11.2 Å². The van der Waals surface area contributed by atoms with Crippen LogP contribution in [-0.4, -0.2) is 6.71 Å². The van der Waals surface area contributed by atoms with Gasteiger partial charge in [-0.3, -0.25) is 0 Å². The van der Waals surface area contributed by atoms with Crippen molar-refractivity contribution in [2.45, 2.75) is 169 Å². The third-order valence-corrected chi connectivity index (χ3v) is 20.5. The predicted octanol–water partition coefficient (Wildman–Crippen LogP) is 20.3. The molecule has 85 heavy (non-hydrogen) atoms. The standard InChI is InChI=1S/C80H84BN3O/c1-48-40-58-59(78(13,14)47-77(58,11)12)45-66(48)83-64-39-34-51(76(8,9)10)41-62(64)81-63-44-60-61(80(17,18)57-26-21-20-25-56(57)79(60,15)16)46-67(63)84(65-27-23-29-71-72(65)55-24-19-22-28-70(55)85-71)69-43-54(42-68(83)73(69)81)82(52-35-30-49(31-36-52)74(2,3)4)53-37-32-50(33-38-53)75(5,6)7/h19-46H,47H2,1-18H3. The van der Waals surface area contributed by atoms with Crippen LogP contribution < -0.4 is 31.1 Å². The summed E-state index contributed by atoms with van der Waals surface area (Å²) in [6.45, 7) is 42.8. The van der Waals surface area contributed by atoms with Gasteiger partial charge in [-0.1, -0.05) is 215 Å². The minimum Gasteiger partial charge on any atom is -0.456 e. The van der Waals surface area contributed by atoms with E-state index in [9.17, 15) is 0 Å². The Morgan fingerprint density at radius 1 is 0.400 bits per heavy atom. The second kappa shape index (κ2) is 18.1. The van der Waals surface area contributed by atoms with Crippen molar-refractivity contribution in [2.24, 2.45) is 0 Å². The predicted molar refractivity (Wildman–Crippen MR) is 365 cm³/mol. The van der Waals surface area contributed by atoms with Crippen LogP contribution >= 0.6 is 0 Å². The van der Waals surface area contributed by atoms with E-state index in [4.69, 9.17) is 4.42 Å². The zero-order valence-electron chi connectivity index (χ0n) is 53.7. The molecule has 14 rings (SSSR count). The van der Waals surface area contributed by atoms with Crippen molar-refractivity contribution < 1.29 is 4.42 Å². The average molecular weight is 1110 g/mol. The minimum atomic E-state index is -0.298. The molecule has 4 aliphatic rings. The van der Waals surface area contributed by atoms with E-state index >= 15 is 0 Å². The van der Waals surface area contributed by atoms with Crippen LogP contribution in [0, 0.1) is 6.92 Å². The molecular weight excluding hydrogens is 1030 g/mol. The summed E-state index contributed by atoms with van der Waals surface area (Å²) >= 11 is 0. The average Bonchev–Trinajstić information content (AvgIpc) is 1.00. The van der Waals surface area contributed by atoms with Crippen LogP contribution in [-0.2, 0) is 37.9 Å². The molecule has 0 spiro atoms. The normalized spacial score (nSPS) is 16.8.